The largest absolute Gasteiger partial charge is 0.313 e. The number of halogens is 1. The molecule has 0 spiro atoms. The van der Waals surface area contributed by atoms with Gasteiger partial charge in [-0.2, -0.15) is 11.8 Å². The van der Waals surface area contributed by atoms with Crippen LogP contribution in [0.25, 0.3) is 0 Å². The number of hydrogen-bond acceptors (Lipinski definition) is 2. The molecular formula is C18H28ClNS. The Morgan fingerprint density at radius 2 is 1.90 bits per heavy atom. The zero-order valence-corrected chi connectivity index (χ0v) is 14.7. The predicted octanol–water partition coefficient (Wildman–Crippen LogP) is 5.66. The van der Waals surface area contributed by atoms with E-state index in [1.807, 2.05) is 12.1 Å². The van der Waals surface area contributed by atoms with Crippen molar-refractivity contribution >= 4 is 23.4 Å². The number of benzene rings is 1. The van der Waals surface area contributed by atoms with Crippen LogP contribution in [0.4, 0.5) is 0 Å². The molecule has 0 heterocycles. The van der Waals surface area contributed by atoms with Gasteiger partial charge >= 0.3 is 0 Å². The van der Waals surface area contributed by atoms with Gasteiger partial charge in [0.25, 0.3) is 0 Å². The predicted molar refractivity (Wildman–Crippen MR) is 96.3 cm³/mol. The SMILES string of the molecule is CCCNC1CCCCCCC1SCc1ccccc1Cl. The molecule has 0 aromatic heterocycles. The molecule has 0 radical (unpaired) electrons. The van der Waals surface area contributed by atoms with Gasteiger partial charge in [-0.25, -0.2) is 0 Å². The minimum absolute atomic E-state index is 0.678. The minimum atomic E-state index is 0.678. The van der Waals surface area contributed by atoms with Crippen LogP contribution in [0.1, 0.15) is 57.4 Å². The normalized spacial score (nSPS) is 23.5. The lowest BCUT2D eigenvalue weighted by atomic mass is 9.96. The molecule has 2 unspecified atom stereocenters. The van der Waals surface area contributed by atoms with Crippen molar-refractivity contribution in [2.75, 3.05) is 6.54 Å². The molecule has 0 bridgehead atoms. The van der Waals surface area contributed by atoms with E-state index in [-0.39, 0.29) is 0 Å². The van der Waals surface area contributed by atoms with Gasteiger partial charge in [0.2, 0.25) is 0 Å². The number of hydrogen-bond donors (Lipinski definition) is 1. The first-order valence-corrected chi connectivity index (χ1v) is 9.82. The fourth-order valence-electron chi connectivity index (χ4n) is 3.03. The maximum atomic E-state index is 6.29. The standard InChI is InChI=1S/C18H28ClNS/c1-2-13-20-17-11-5-3-4-6-12-18(17)21-14-15-9-7-8-10-16(15)19/h7-10,17-18,20H,2-6,11-14H2,1H3. The van der Waals surface area contributed by atoms with E-state index in [4.69, 9.17) is 11.6 Å². The molecule has 1 aromatic carbocycles. The van der Waals surface area contributed by atoms with Gasteiger partial charge < -0.3 is 5.32 Å². The molecule has 1 nitrogen and oxygen atoms in total. The van der Waals surface area contributed by atoms with Crippen molar-refractivity contribution in [3.05, 3.63) is 34.9 Å². The Morgan fingerprint density at radius 1 is 1.14 bits per heavy atom. The van der Waals surface area contributed by atoms with Gasteiger partial charge in [-0.1, -0.05) is 62.4 Å². The lowest BCUT2D eigenvalue weighted by molar-refractivity contribution is 0.400. The highest BCUT2D eigenvalue weighted by Crippen LogP contribution is 2.31. The van der Waals surface area contributed by atoms with E-state index in [1.54, 1.807) is 0 Å². The van der Waals surface area contributed by atoms with Crippen LogP contribution in [0, 0.1) is 0 Å². The summed E-state index contributed by atoms with van der Waals surface area (Å²) in [5.41, 5.74) is 1.28. The molecule has 21 heavy (non-hydrogen) atoms. The Labute approximate surface area is 139 Å². The summed E-state index contributed by atoms with van der Waals surface area (Å²) in [5.74, 6) is 1.04. The molecule has 2 rings (SSSR count). The molecule has 1 aromatic rings. The summed E-state index contributed by atoms with van der Waals surface area (Å²) in [6.07, 6.45) is 9.47. The van der Waals surface area contributed by atoms with Gasteiger partial charge in [0.05, 0.1) is 0 Å². The van der Waals surface area contributed by atoms with Crippen LogP contribution in [0.2, 0.25) is 5.02 Å². The van der Waals surface area contributed by atoms with E-state index in [0.717, 1.165) is 22.6 Å². The Hall–Kier alpha value is -0.180. The fourth-order valence-corrected chi connectivity index (χ4v) is 4.75. The number of rotatable bonds is 6. The summed E-state index contributed by atoms with van der Waals surface area (Å²) in [4.78, 5) is 0. The summed E-state index contributed by atoms with van der Waals surface area (Å²) in [5, 5.41) is 5.43. The third-order valence-electron chi connectivity index (χ3n) is 4.27. The van der Waals surface area contributed by atoms with Crippen molar-refractivity contribution in [1.82, 2.24) is 5.32 Å². The fraction of sp³-hybridized carbons (Fsp3) is 0.667. The molecule has 1 N–H and O–H groups in total. The lowest BCUT2D eigenvalue weighted by Crippen LogP contribution is -2.39. The molecule has 2 atom stereocenters. The first kappa shape index (κ1) is 17.2. The highest BCUT2D eigenvalue weighted by atomic mass is 35.5. The van der Waals surface area contributed by atoms with Gasteiger partial charge in [-0.15, -0.1) is 0 Å². The van der Waals surface area contributed by atoms with Crippen LogP contribution >= 0.6 is 23.4 Å². The smallest absolute Gasteiger partial charge is 0.0446 e. The van der Waals surface area contributed by atoms with Crippen LogP contribution in [0.3, 0.4) is 0 Å². The van der Waals surface area contributed by atoms with Crippen LogP contribution < -0.4 is 5.32 Å². The molecule has 0 amide bonds. The number of thioether (sulfide) groups is 1. The zero-order valence-electron chi connectivity index (χ0n) is 13.1. The molecule has 0 saturated heterocycles. The topological polar surface area (TPSA) is 12.0 Å². The average molecular weight is 326 g/mol. The summed E-state index contributed by atoms with van der Waals surface area (Å²) >= 11 is 8.39. The maximum Gasteiger partial charge on any atom is 0.0446 e. The lowest BCUT2D eigenvalue weighted by Gasteiger charge is -2.30. The van der Waals surface area contributed by atoms with E-state index >= 15 is 0 Å². The van der Waals surface area contributed by atoms with Crippen LogP contribution in [-0.2, 0) is 5.75 Å². The Morgan fingerprint density at radius 3 is 2.67 bits per heavy atom. The Kier molecular flexibility index (Phi) is 7.98. The quantitative estimate of drug-likeness (QED) is 0.723. The van der Waals surface area contributed by atoms with Crippen molar-refractivity contribution in [2.24, 2.45) is 0 Å². The molecule has 1 aliphatic rings. The minimum Gasteiger partial charge on any atom is -0.313 e. The first-order chi connectivity index (χ1) is 10.3. The van der Waals surface area contributed by atoms with Gasteiger partial charge in [-0.3, -0.25) is 0 Å². The van der Waals surface area contributed by atoms with E-state index in [0.29, 0.717) is 6.04 Å². The van der Waals surface area contributed by atoms with E-state index in [2.05, 4.69) is 36.1 Å². The highest BCUT2D eigenvalue weighted by Gasteiger charge is 2.22. The van der Waals surface area contributed by atoms with E-state index in [1.165, 1.54) is 50.5 Å². The average Bonchev–Trinajstić information content (AvgIpc) is 2.47. The van der Waals surface area contributed by atoms with Gasteiger partial charge in [0.15, 0.2) is 0 Å². The Bertz CT molecular complexity index is 408. The van der Waals surface area contributed by atoms with Gasteiger partial charge in [0, 0.05) is 22.1 Å². The molecule has 118 valence electrons. The van der Waals surface area contributed by atoms with E-state index in [9.17, 15) is 0 Å². The van der Waals surface area contributed by atoms with Crippen LogP contribution in [-0.4, -0.2) is 17.8 Å². The van der Waals surface area contributed by atoms with Crippen molar-refractivity contribution in [3.63, 3.8) is 0 Å². The summed E-state index contributed by atoms with van der Waals surface area (Å²) in [6.45, 7) is 3.40. The third-order valence-corrected chi connectivity index (χ3v) is 6.11. The third kappa shape index (κ3) is 5.84. The second kappa shape index (κ2) is 9.76. The van der Waals surface area contributed by atoms with Crippen LogP contribution in [0.15, 0.2) is 24.3 Å². The molecule has 0 aliphatic heterocycles. The van der Waals surface area contributed by atoms with Crippen molar-refractivity contribution < 1.29 is 0 Å². The van der Waals surface area contributed by atoms with Gasteiger partial charge in [0.1, 0.15) is 0 Å². The zero-order chi connectivity index (χ0) is 14.9. The second-order valence-electron chi connectivity index (χ2n) is 5.99. The molecule has 1 saturated carbocycles. The van der Waals surface area contributed by atoms with Gasteiger partial charge in [-0.05, 0) is 37.4 Å². The monoisotopic (exact) mass is 325 g/mol. The summed E-state index contributed by atoms with van der Waals surface area (Å²) < 4.78 is 0. The molecule has 1 fully saturated rings. The van der Waals surface area contributed by atoms with Crippen LogP contribution in [0.5, 0.6) is 0 Å². The molecule has 3 heteroatoms. The first-order valence-electron chi connectivity index (χ1n) is 8.39. The highest BCUT2D eigenvalue weighted by molar-refractivity contribution is 7.99. The molecule has 1 aliphatic carbocycles. The summed E-state index contributed by atoms with van der Waals surface area (Å²) in [6, 6.07) is 8.94. The van der Waals surface area contributed by atoms with Crippen molar-refractivity contribution in [3.8, 4) is 0 Å². The maximum absolute atomic E-state index is 6.29. The van der Waals surface area contributed by atoms with Crippen molar-refractivity contribution in [2.45, 2.75) is 68.9 Å². The van der Waals surface area contributed by atoms with Crippen molar-refractivity contribution in [1.29, 1.82) is 0 Å². The molecular weight excluding hydrogens is 298 g/mol. The second-order valence-corrected chi connectivity index (χ2v) is 7.63. The van der Waals surface area contributed by atoms with E-state index < -0.39 is 0 Å². The number of nitrogens with one attached hydrogen (secondary N) is 1. The summed E-state index contributed by atoms with van der Waals surface area (Å²) in [7, 11) is 0. The Balaban J connectivity index is 1.93.